The van der Waals surface area contributed by atoms with E-state index in [0.29, 0.717) is 16.3 Å². The maximum Gasteiger partial charge on any atom is 0.257 e. The molecule has 2 aromatic rings. The number of halogens is 1. The number of hydrogen-bond donors (Lipinski definition) is 2. The summed E-state index contributed by atoms with van der Waals surface area (Å²) in [7, 11) is 0. The van der Waals surface area contributed by atoms with Crippen LogP contribution >= 0.6 is 11.6 Å². The summed E-state index contributed by atoms with van der Waals surface area (Å²) in [6.45, 7) is 5.99. The summed E-state index contributed by atoms with van der Waals surface area (Å²) in [5, 5.41) is 6.71. The SMILES string of the molecule is Cc1cccc(Cl)c1NC(=O)c1ccccc1NC(C)C. The van der Waals surface area contributed by atoms with E-state index in [9.17, 15) is 4.79 Å². The van der Waals surface area contributed by atoms with E-state index in [4.69, 9.17) is 11.6 Å². The number of amides is 1. The monoisotopic (exact) mass is 302 g/mol. The maximum atomic E-state index is 12.5. The van der Waals surface area contributed by atoms with Crippen molar-refractivity contribution in [2.45, 2.75) is 26.8 Å². The van der Waals surface area contributed by atoms with Crippen LogP contribution in [0.2, 0.25) is 5.02 Å². The first kappa shape index (κ1) is 15.4. The fraction of sp³-hybridized carbons (Fsp3) is 0.235. The van der Waals surface area contributed by atoms with E-state index in [1.165, 1.54) is 0 Å². The second-order valence-corrected chi connectivity index (χ2v) is 5.64. The van der Waals surface area contributed by atoms with Crippen LogP contribution in [0.5, 0.6) is 0 Å². The summed E-state index contributed by atoms with van der Waals surface area (Å²) < 4.78 is 0. The quantitative estimate of drug-likeness (QED) is 0.858. The van der Waals surface area contributed by atoms with Crippen molar-refractivity contribution in [3.05, 3.63) is 58.6 Å². The number of benzene rings is 2. The lowest BCUT2D eigenvalue weighted by Crippen LogP contribution is -2.18. The number of carbonyl (C=O) groups is 1. The number of aryl methyl sites for hydroxylation is 1. The van der Waals surface area contributed by atoms with Gasteiger partial charge in [0, 0.05) is 11.7 Å². The summed E-state index contributed by atoms with van der Waals surface area (Å²) >= 11 is 6.15. The second kappa shape index (κ2) is 6.64. The summed E-state index contributed by atoms with van der Waals surface area (Å²) in [6.07, 6.45) is 0. The Balaban J connectivity index is 2.29. The lowest BCUT2D eigenvalue weighted by molar-refractivity contribution is 0.102. The van der Waals surface area contributed by atoms with Gasteiger partial charge in [-0.15, -0.1) is 0 Å². The van der Waals surface area contributed by atoms with Gasteiger partial charge >= 0.3 is 0 Å². The third-order valence-corrected chi connectivity index (χ3v) is 3.39. The molecule has 1 amide bonds. The van der Waals surface area contributed by atoms with Gasteiger partial charge in [0.2, 0.25) is 0 Å². The average molecular weight is 303 g/mol. The fourth-order valence-corrected chi connectivity index (χ4v) is 2.36. The predicted octanol–water partition coefficient (Wildman–Crippen LogP) is 4.72. The van der Waals surface area contributed by atoms with E-state index in [1.807, 2.05) is 51.1 Å². The van der Waals surface area contributed by atoms with E-state index in [-0.39, 0.29) is 11.9 Å². The van der Waals surface area contributed by atoms with Crippen molar-refractivity contribution in [3.63, 3.8) is 0 Å². The maximum absolute atomic E-state index is 12.5. The van der Waals surface area contributed by atoms with Crippen molar-refractivity contribution in [1.29, 1.82) is 0 Å². The summed E-state index contributed by atoms with van der Waals surface area (Å²) in [6, 6.07) is 13.2. The van der Waals surface area contributed by atoms with Crippen LogP contribution in [0.1, 0.15) is 29.8 Å². The van der Waals surface area contributed by atoms with Crippen molar-refractivity contribution < 1.29 is 4.79 Å². The minimum absolute atomic E-state index is 0.171. The molecule has 4 heteroatoms. The van der Waals surface area contributed by atoms with Gasteiger partial charge in [0.1, 0.15) is 0 Å². The Labute approximate surface area is 130 Å². The molecule has 2 aromatic carbocycles. The molecule has 0 fully saturated rings. The van der Waals surface area contributed by atoms with Gasteiger partial charge in [-0.05, 0) is 44.5 Å². The van der Waals surface area contributed by atoms with Crippen molar-refractivity contribution in [3.8, 4) is 0 Å². The highest BCUT2D eigenvalue weighted by atomic mass is 35.5. The zero-order valence-corrected chi connectivity index (χ0v) is 13.2. The first-order valence-electron chi connectivity index (χ1n) is 6.91. The lowest BCUT2D eigenvalue weighted by Gasteiger charge is -2.15. The third kappa shape index (κ3) is 3.76. The Hall–Kier alpha value is -2.00. The van der Waals surface area contributed by atoms with Crippen molar-refractivity contribution >= 4 is 28.9 Å². The number of rotatable bonds is 4. The molecule has 0 unspecified atom stereocenters. The zero-order chi connectivity index (χ0) is 15.4. The highest BCUT2D eigenvalue weighted by Crippen LogP contribution is 2.26. The smallest absolute Gasteiger partial charge is 0.257 e. The molecule has 0 saturated heterocycles. The molecule has 2 rings (SSSR count). The molecule has 0 radical (unpaired) electrons. The van der Waals surface area contributed by atoms with E-state index in [1.54, 1.807) is 12.1 Å². The summed E-state index contributed by atoms with van der Waals surface area (Å²) in [5.74, 6) is -0.171. The Morgan fingerprint density at radius 1 is 1.10 bits per heavy atom. The zero-order valence-electron chi connectivity index (χ0n) is 12.4. The molecule has 0 heterocycles. The first-order chi connectivity index (χ1) is 9.99. The third-order valence-electron chi connectivity index (χ3n) is 3.08. The largest absolute Gasteiger partial charge is 0.382 e. The average Bonchev–Trinajstić information content (AvgIpc) is 2.43. The van der Waals surface area contributed by atoms with E-state index < -0.39 is 0 Å². The first-order valence-corrected chi connectivity index (χ1v) is 7.29. The summed E-state index contributed by atoms with van der Waals surface area (Å²) in [4.78, 5) is 12.5. The molecule has 0 spiro atoms. The van der Waals surface area contributed by atoms with Gasteiger partial charge in [-0.25, -0.2) is 0 Å². The minimum Gasteiger partial charge on any atom is -0.382 e. The van der Waals surface area contributed by atoms with Gasteiger partial charge in [0.15, 0.2) is 0 Å². The standard InChI is InChI=1S/C17H19ClN2O/c1-11(2)19-15-10-5-4-8-13(15)17(21)20-16-12(3)7-6-9-14(16)18/h4-11,19H,1-3H3,(H,20,21). The van der Waals surface area contributed by atoms with Crippen LogP contribution in [0.3, 0.4) is 0 Å². The van der Waals surface area contributed by atoms with E-state index >= 15 is 0 Å². The van der Waals surface area contributed by atoms with Crippen LogP contribution in [0.4, 0.5) is 11.4 Å². The van der Waals surface area contributed by atoms with E-state index in [0.717, 1.165) is 11.3 Å². The van der Waals surface area contributed by atoms with Crippen LogP contribution in [0, 0.1) is 6.92 Å². The molecule has 0 aromatic heterocycles. The number of anilines is 2. The van der Waals surface area contributed by atoms with Crippen molar-refractivity contribution in [1.82, 2.24) is 0 Å². The number of nitrogens with one attached hydrogen (secondary N) is 2. The molecule has 21 heavy (non-hydrogen) atoms. The molecule has 2 N–H and O–H groups in total. The Morgan fingerprint density at radius 2 is 1.81 bits per heavy atom. The molecular weight excluding hydrogens is 284 g/mol. The number of para-hydroxylation sites is 2. The molecule has 0 atom stereocenters. The van der Waals surface area contributed by atoms with Crippen molar-refractivity contribution in [2.24, 2.45) is 0 Å². The van der Waals surface area contributed by atoms with Gasteiger partial charge in [-0.3, -0.25) is 4.79 Å². The lowest BCUT2D eigenvalue weighted by atomic mass is 10.1. The predicted molar refractivity (Wildman–Crippen MR) is 89.3 cm³/mol. The minimum atomic E-state index is -0.171. The molecule has 0 aliphatic rings. The van der Waals surface area contributed by atoms with Gasteiger partial charge in [-0.1, -0.05) is 35.9 Å². The van der Waals surface area contributed by atoms with Gasteiger partial charge in [-0.2, -0.15) is 0 Å². The Kier molecular flexibility index (Phi) is 4.86. The molecule has 0 bridgehead atoms. The highest BCUT2D eigenvalue weighted by Gasteiger charge is 2.14. The molecule has 0 aliphatic heterocycles. The highest BCUT2D eigenvalue weighted by molar-refractivity contribution is 6.34. The Morgan fingerprint density at radius 3 is 2.48 bits per heavy atom. The molecule has 110 valence electrons. The van der Waals surface area contributed by atoms with Crippen LogP contribution in [0.25, 0.3) is 0 Å². The summed E-state index contributed by atoms with van der Waals surface area (Å²) in [5.41, 5.74) is 3.01. The van der Waals surface area contributed by atoms with E-state index in [2.05, 4.69) is 10.6 Å². The van der Waals surface area contributed by atoms with Crippen LogP contribution < -0.4 is 10.6 Å². The van der Waals surface area contributed by atoms with Crippen LogP contribution in [0.15, 0.2) is 42.5 Å². The van der Waals surface area contributed by atoms with Gasteiger partial charge in [0.25, 0.3) is 5.91 Å². The second-order valence-electron chi connectivity index (χ2n) is 5.23. The molecular formula is C17H19ClN2O. The van der Waals surface area contributed by atoms with Gasteiger partial charge in [0.05, 0.1) is 16.3 Å². The van der Waals surface area contributed by atoms with Crippen LogP contribution in [-0.4, -0.2) is 11.9 Å². The van der Waals surface area contributed by atoms with Crippen LogP contribution in [-0.2, 0) is 0 Å². The van der Waals surface area contributed by atoms with Gasteiger partial charge < -0.3 is 10.6 Å². The number of hydrogen-bond acceptors (Lipinski definition) is 2. The van der Waals surface area contributed by atoms with Crippen molar-refractivity contribution in [2.75, 3.05) is 10.6 Å². The Bertz CT molecular complexity index is 633. The number of carbonyl (C=O) groups excluding carboxylic acids is 1. The fourth-order valence-electron chi connectivity index (χ4n) is 2.09. The topological polar surface area (TPSA) is 41.1 Å². The molecule has 0 aliphatic carbocycles. The normalized spacial score (nSPS) is 10.5. The molecule has 3 nitrogen and oxygen atoms in total. The molecule has 0 saturated carbocycles.